The number of nitrogens with one attached hydrogen (secondary N) is 1. The van der Waals surface area contributed by atoms with Gasteiger partial charge in [-0.05, 0) is 57.8 Å². The monoisotopic (exact) mass is 228 g/mol. The highest BCUT2D eigenvalue weighted by molar-refractivity contribution is 4.74. The third-order valence-electron chi connectivity index (χ3n) is 3.22. The summed E-state index contributed by atoms with van der Waals surface area (Å²) < 4.78 is 0. The van der Waals surface area contributed by atoms with Crippen LogP contribution in [0.15, 0.2) is 0 Å². The Kier molecular flexibility index (Phi) is 6.32. The normalized spacial score (nSPS) is 21.6. The van der Waals surface area contributed by atoms with Gasteiger partial charge in [0.25, 0.3) is 0 Å². The molecule has 96 valence electrons. The first-order valence-corrected chi connectivity index (χ1v) is 6.69. The minimum absolute atomic E-state index is 0.185. The van der Waals surface area contributed by atoms with Crippen molar-refractivity contribution in [2.45, 2.75) is 39.7 Å². The van der Waals surface area contributed by atoms with E-state index in [0.717, 1.165) is 38.0 Å². The van der Waals surface area contributed by atoms with Crippen LogP contribution in [0.5, 0.6) is 0 Å². The van der Waals surface area contributed by atoms with Crippen LogP contribution in [0.4, 0.5) is 0 Å². The number of likely N-dealkylation sites (tertiary alicyclic amines) is 1. The topological polar surface area (TPSA) is 35.5 Å². The molecule has 1 unspecified atom stereocenters. The van der Waals surface area contributed by atoms with Crippen LogP contribution in [0.2, 0.25) is 0 Å². The maximum Gasteiger partial charge on any atom is 0.0639 e. The van der Waals surface area contributed by atoms with E-state index in [4.69, 9.17) is 0 Å². The molecule has 0 aromatic rings. The minimum atomic E-state index is -0.185. The molecule has 3 nitrogen and oxygen atoms in total. The van der Waals surface area contributed by atoms with Crippen molar-refractivity contribution in [3.8, 4) is 0 Å². The molecule has 1 rings (SSSR count). The van der Waals surface area contributed by atoms with Gasteiger partial charge in [0.1, 0.15) is 0 Å². The molecule has 0 bridgehead atoms. The fourth-order valence-corrected chi connectivity index (χ4v) is 2.32. The predicted octanol–water partition coefficient (Wildman–Crippen LogP) is 1.32. The van der Waals surface area contributed by atoms with Crippen LogP contribution in [0.1, 0.15) is 33.6 Å². The molecule has 1 aliphatic rings. The molecule has 3 heteroatoms. The van der Waals surface area contributed by atoms with Crippen LogP contribution >= 0.6 is 0 Å². The molecular formula is C13H28N2O. The molecule has 1 saturated heterocycles. The van der Waals surface area contributed by atoms with E-state index in [1.807, 2.05) is 6.92 Å². The van der Waals surface area contributed by atoms with Crippen LogP contribution in [0.3, 0.4) is 0 Å². The maximum absolute atomic E-state index is 9.32. The number of piperidine rings is 1. The van der Waals surface area contributed by atoms with E-state index >= 15 is 0 Å². The Balaban J connectivity index is 2.07. The van der Waals surface area contributed by atoms with Crippen molar-refractivity contribution in [3.05, 3.63) is 0 Å². The molecule has 0 spiro atoms. The second-order valence-electron chi connectivity index (χ2n) is 5.65. The Bertz CT molecular complexity index is 175. The zero-order chi connectivity index (χ0) is 12.0. The molecule has 0 radical (unpaired) electrons. The van der Waals surface area contributed by atoms with Crippen molar-refractivity contribution in [1.29, 1.82) is 0 Å². The third-order valence-corrected chi connectivity index (χ3v) is 3.22. The van der Waals surface area contributed by atoms with Crippen LogP contribution in [0, 0.1) is 11.8 Å². The molecule has 0 aliphatic carbocycles. The fraction of sp³-hybridized carbons (Fsp3) is 1.00. The number of aliphatic hydroxyl groups excluding tert-OH is 1. The molecule has 0 aromatic heterocycles. The van der Waals surface area contributed by atoms with Gasteiger partial charge in [0.2, 0.25) is 0 Å². The Morgan fingerprint density at radius 3 is 2.38 bits per heavy atom. The van der Waals surface area contributed by atoms with E-state index in [9.17, 15) is 5.11 Å². The fourth-order valence-electron chi connectivity index (χ4n) is 2.32. The van der Waals surface area contributed by atoms with Gasteiger partial charge in [-0.25, -0.2) is 0 Å². The van der Waals surface area contributed by atoms with Gasteiger partial charge in [-0.2, -0.15) is 0 Å². The largest absolute Gasteiger partial charge is 0.392 e. The first kappa shape index (κ1) is 13.9. The Morgan fingerprint density at radius 1 is 1.25 bits per heavy atom. The summed E-state index contributed by atoms with van der Waals surface area (Å²) in [6.07, 6.45) is 2.37. The number of rotatable bonds is 6. The number of β-amino-alcohol motifs (C(OH)–C–C–N with tert-alkyl or cyclic N) is 1. The molecule has 1 heterocycles. The van der Waals surface area contributed by atoms with E-state index < -0.39 is 0 Å². The van der Waals surface area contributed by atoms with Gasteiger partial charge in [-0.3, -0.25) is 0 Å². The Morgan fingerprint density at radius 2 is 1.88 bits per heavy atom. The Labute approximate surface area is 100 Å². The summed E-state index contributed by atoms with van der Waals surface area (Å²) in [5.41, 5.74) is 0. The summed E-state index contributed by atoms with van der Waals surface area (Å²) in [6.45, 7) is 11.8. The quantitative estimate of drug-likeness (QED) is 0.720. The van der Waals surface area contributed by atoms with Crippen LogP contribution < -0.4 is 5.32 Å². The zero-order valence-electron chi connectivity index (χ0n) is 11.1. The highest BCUT2D eigenvalue weighted by Crippen LogP contribution is 2.16. The van der Waals surface area contributed by atoms with E-state index in [1.54, 1.807) is 0 Å². The number of hydrogen-bond donors (Lipinski definition) is 2. The minimum Gasteiger partial charge on any atom is -0.392 e. The molecule has 1 fully saturated rings. The van der Waals surface area contributed by atoms with Crippen molar-refractivity contribution < 1.29 is 5.11 Å². The molecule has 2 N–H and O–H groups in total. The number of hydrogen-bond acceptors (Lipinski definition) is 3. The average Bonchev–Trinajstić information content (AvgIpc) is 2.19. The third kappa shape index (κ3) is 5.83. The highest BCUT2D eigenvalue weighted by atomic mass is 16.3. The molecular weight excluding hydrogens is 200 g/mol. The van der Waals surface area contributed by atoms with Crippen LogP contribution in [-0.4, -0.2) is 48.8 Å². The van der Waals surface area contributed by atoms with Crippen molar-refractivity contribution in [2.24, 2.45) is 11.8 Å². The second-order valence-corrected chi connectivity index (χ2v) is 5.65. The lowest BCUT2D eigenvalue weighted by Gasteiger charge is -2.32. The molecule has 16 heavy (non-hydrogen) atoms. The molecule has 1 atom stereocenters. The molecule has 0 amide bonds. The van der Waals surface area contributed by atoms with Gasteiger partial charge in [0.05, 0.1) is 6.10 Å². The van der Waals surface area contributed by atoms with Crippen molar-refractivity contribution in [3.63, 3.8) is 0 Å². The van der Waals surface area contributed by atoms with Crippen molar-refractivity contribution in [1.82, 2.24) is 10.2 Å². The van der Waals surface area contributed by atoms with Gasteiger partial charge in [0, 0.05) is 6.54 Å². The summed E-state index contributed by atoms with van der Waals surface area (Å²) >= 11 is 0. The molecule has 0 aromatic carbocycles. The van der Waals surface area contributed by atoms with Crippen molar-refractivity contribution in [2.75, 3.05) is 32.7 Å². The highest BCUT2D eigenvalue weighted by Gasteiger charge is 2.19. The summed E-state index contributed by atoms with van der Waals surface area (Å²) in [5, 5.41) is 12.9. The first-order valence-electron chi connectivity index (χ1n) is 6.69. The first-order chi connectivity index (χ1) is 7.58. The summed E-state index contributed by atoms with van der Waals surface area (Å²) in [5.74, 6) is 1.58. The van der Waals surface area contributed by atoms with Crippen molar-refractivity contribution >= 4 is 0 Å². The van der Waals surface area contributed by atoms with Gasteiger partial charge in [0.15, 0.2) is 0 Å². The van der Waals surface area contributed by atoms with E-state index in [2.05, 4.69) is 24.1 Å². The lowest BCUT2D eigenvalue weighted by molar-refractivity contribution is 0.0997. The lowest BCUT2D eigenvalue weighted by atomic mass is 9.96. The molecule has 1 aliphatic heterocycles. The maximum atomic E-state index is 9.32. The van der Waals surface area contributed by atoms with Gasteiger partial charge in [-0.15, -0.1) is 0 Å². The average molecular weight is 228 g/mol. The second kappa shape index (κ2) is 7.25. The lowest BCUT2D eigenvalue weighted by Crippen LogP contribution is -2.40. The van der Waals surface area contributed by atoms with E-state index in [1.165, 1.54) is 19.4 Å². The van der Waals surface area contributed by atoms with Gasteiger partial charge < -0.3 is 15.3 Å². The summed E-state index contributed by atoms with van der Waals surface area (Å²) in [4.78, 5) is 2.38. The van der Waals surface area contributed by atoms with Gasteiger partial charge in [-0.1, -0.05) is 13.8 Å². The standard InChI is InChI=1S/C13H28N2O/c1-11(2)8-14-9-13-4-6-15(7-5-13)10-12(3)16/h11-14,16H,4-10H2,1-3H3. The predicted molar refractivity (Wildman–Crippen MR) is 68.6 cm³/mol. The molecule has 0 saturated carbocycles. The van der Waals surface area contributed by atoms with Gasteiger partial charge >= 0.3 is 0 Å². The number of nitrogens with zero attached hydrogens (tertiary/aromatic N) is 1. The van der Waals surface area contributed by atoms with Crippen LogP contribution in [0.25, 0.3) is 0 Å². The van der Waals surface area contributed by atoms with E-state index in [-0.39, 0.29) is 6.10 Å². The zero-order valence-corrected chi connectivity index (χ0v) is 11.1. The smallest absolute Gasteiger partial charge is 0.0639 e. The van der Waals surface area contributed by atoms with Crippen LogP contribution in [-0.2, 0) is 0 Å². The van der Waals surface area contributed by atoms with E-state index in [0.29, 0.717) is 0 Å². The number of aliphatic hydroxyl groups is 1. The SMILES string of the molecule is CC(C)CNCC1CCN(CC(C)O)CC1. The summed E-state index contributed by atoms with van der Waals surface area (Å²) in [7, 11) is 0. The summed E-state index contributed by atoms with van der Waals surface area (Å²) in [6, 6.07) is 0. The Hall–Kier alpha value is -0.120.